The molecule has 0 saturated heterocycles. The Hall–Kier alpha value is -1.95. The molecule has 2 amide bonds. The monoisotopic (exact) mass is 310 g/mol. The van der Waals surface area contributed by atoms with Gasteiger partial charge in [0.25, 0.3) is 0 Å². The maximum absolute atomic E-state index is 13.5. The lowest BCUT2D eigenvalue weighted by Gasteiger charge is -2.20. The van der Waals surface area contributed by atoms with Gasteiger partial charge in [0.2, 0.25) is 0 Å². The average molecular weight is 310 g/mol. The van der Waals surface area contributed by atoms with Crippen LogP contribution in [0.25, 0.3) is 0 Å². The van der Waals surface area contributed by atoms with E-state index in [4.69, 9.17) is 0 Å². The standard InChI is InChI=1S/C16H23FN2O3/c1-4-11(5-2)14(20)9-18-15(21)16(22)19-13-8-10(3)6-7-12(13)17/h6-8,11,14,20H,4-5,9H2,1-3H3,(H,18,21)(H,19,22). The molecule has 22 heavy (non-hydrogen) atoms. The van der Waals surface area contributed by atoms with E-state index in [9.17, 15) is 19.1 Å². The summed E-state index contributed by atoms with van der Waals surface area (Å²) in [6.45, 7) is 5.65. The Morgan fingerprint density at radius 2 is 1.86 bits per heavy atom. The van der Waals surface area contributed by atoms with E-state index in [0.29, 0.717) is 0 Å². The summed E-state index contributed by atoms with van der Waals surface area (Å²) in [5.74, 6) is -2.39. The number of halogens is 1. The van der Waals surface area contributed by atoms with E-state index >= 15 is 0 Å². The molecule has 0 aromatic heterocycles. The normalized spacial score (nSPS) is 12.1. The summed E-state index contributed by atoms with van der Waals surface area (Å²) in [7, 11) is 0. The Morgan fingerprint density at radius 3 is 2.45 bits per heavy atom. The number of carbonyl (C=O) groups excluding carboxylic acids is 2. The number of rotatable bonds is 6. The number of hydrogen-bond donors (Lipinski definition) is 3. The third-order valence-electron chi connectivity index (χ3n) is 3.64. The highest BCUT2D eigenvalue weighted by molar-refractivity contribution is 6.39. The first-order chi connectivity index (χ1) is 10.4. The van der Waals surface area contributed by atoms with Crippen LogP contribution in [-0.2, 0) is 9.59 Å². The lowest BCUT2D eigenvalue weighted by Crippen LogP contribution is -2.41. The predicted octanol–water partition coefficient (Wildman–Crippen LogP) is 1.99. The fraction of sp³-hybridized carbons (Fsp3) is 0.500. The molecule has 1 atom stereocenters. The molecule has 122 valence electrons. The van der Waals surface area contributed by atoms with Crippen LogP contribution < -0.4 is 10.6 Å². The summed E-state index contributed by atoms with van der Waals surface area (Å²) in [5.41, 5.74) is 0.724. The van der Waals surface area contributed by atoms with Gasteiger partial charge in [-0.3, -0.25) is 9.59 Å². The van der Waals surface area contributed by atoms with Crippen LogP contribution in [0.3, 0.4) is 0 Å². The van der Waals surface area contributed by atoms with Crippen molar-refractivity contribution in [3.05, 3.63) is 29.6 Å². The number of aliphatic hydroxyl groups is 1. The van der Waals surface area contributed by atoms with Gasteiger partial charge in [-0.15, -0.1) is 0 Å². The van der Waals surface area contributed by atoms with Gasteiger partial charge in [-0.2, -0.15) is 0 Å². The average Bonchev–Trinajstić information content (AvgIpc) is 2.49. The quantitative estimate of drug-likeness (QED) is 0.703. The zero-order chi connectivity index (χ0) is 16.7. The van der Waals surface area contributed by atoms with E-state index in [1.54, 1.807) is 13.0 Å². The summed E-state index contributed by atoms with van der Waals surface area (Å²) in [4.78, 5) is 23.4. The Bertz CT molecular complexity index is 530. The molecule has 0 saturated carbocycles. The molecular formula is C16H23FN2O3. The highest BCUT2D eigenvalue weighted by Crippen LogP contribution is 2.15. The first kappa shape index (κ1) is 18.1. The van der Waals surface area contributed by atoms with Gasteiger partial charge in [-0.1, -0.05) is 32.8 Å². The highest BCUT2D eigenvalue weighted by Gasteiger charge is 2.20. The van der Waals surface area contributed by atoms with Crippen LogP contribution in [0.2, 0.25) is 0 Å². The van der Waals surface area contributed by atoms with E-state index in [1.165, 1.54) is 12.1 Å². The number of aliphatic hydroxyl groups excluding tert-OH is 1. The molecule has 0 heterocycles. The smallest absolute Gasteiger partial charge is 0.313 e. The third-order valence-corrected chi connectivity index (χ3v) is 3.64. The number of benzene rings is 1. The molecule has 3 N–H and O–H groups in total. The van der Waals surface area contributed by atoms with Crippen molar-refractivity contribution >= 4 is 17.5 Å². The molecule has 0 radical (unpaired) electrons. The zero-order valence-corrected chi connectivity index (χ0v) is 13.1. The van der Waals surface area contributed by atoms with E-state index in [0.717, 1.165) is 18.4 Å². The predicted molar refractivity (Wildman–Crippen MR) is 82.9 cm³/mol. The summed E-state index contributed by atoms with van der Waals surface area (Å²) in [5, 5.41) is 14.5. The SMILES string of the molecule is CCC(CC)C(O)CNC(=O)C(=O)Nc1cc(C)ccc1F. The lowest BCUT2D eigenvalue weighted by atomic mass is 9.96. The first-order valence-electron chi connectivity index (χ1n) is 7.42. The van der Waals surface area contributed by atoms with Gasteiger partial charge in [0.05, 0.1) is 11.8 Å². The lowest BCUT2D eigenvalue weighted by molar-refractivity contribution is -0.136. The van der Waals surface area contributed by atoms with Gasteiger partial charge in [0.15, 0.2) is 0 Å². The van der Waals surface area contributed by atoms with Crippen molar-refractivity contribution < 1.29 is 19.1 Å². The largest absolute Gasteiger partial charge is 0.391 e. The second-order valence-corrected chi connectivity index (χ2v) is 5.29. The molecule has 0 spiro atoms. The number of aryl methyl sites for hydroxylation is 1. The molecule has 5 nitrogen and oxygen atoms in total. The van der Waals surface area contributed by atoms with Crippen molar-refractivity contribution in [1.29, 1.82) is 0 Å². The maximum Gasteiger partial charge on any atom is 0.313 e. The van der Waals surface area contributed by atoms with Crippen LogP contribution in [0, 0.1) is 18.7 Å². The van der Waals surface area contributed by atoms with Gasteiger partial charge in [0, 0.05) is 6.54 Å². The fourth-order valence-electron chi connectivity index (χ4n) is 2.19. The van der Waals surface area contributed by atoms with Crippen molar-refractivity contribution in [3.63, 3.8) is 0 Å². The Kier molecular flexibility index (Phi) is 6.98. The maximum atomic E-state index is 13.5. The molecule has 0 bridgehead atoms. The molecule has 0 fully saturated rings. The van der Waals surface area contributed by atoms with Crippen molar-refractivity contribution in [2.75, 3.05) is 11.9 Å². The summed E-state index contributed by atoms with van der Waals surface area (Å²) in [6.07, 6.45) is 0.866. The van der Waals surface area contributed by atoms with Crippen LogP contribution in [0.15, 0.2) is 18.2 Å². The molecule has 6 heteroatoms. The topological polar surface area (TPSA) is 78.4 Å². The van der Waals surface area contributed by atoms with Crippen LogP contribution in [-0.4, -0.2) is 29.6 Å². The number of amides is 2. The highest BCUT2D eigenvalue weighted by atomic mass is 19.1. The minimum absolute atomic E-state index is 0.00506. The van der Waals surface area contributed by atoms with Gasteiger partial charge < -0.3 is 15.7 Å². The van der Waals surface area contributed by atoms with Gasteiger partial charge in [-0.25, -0.2) is 4.39 Å². The van der Waals surface area contributed by atoms with E-state index in [2.05, 4.69) is 10.6 Å². The van der Waals surface area contributed by atoms with E-state index in [1.807, 2.05) is 13.8 Å². The van der Waals surface area contributed by atoms with Crippen LogP contribution >= 0.6 is 0 Å². The molecule has 1 aromatic rings. The first-order valence-corrected chi connectivity index (χ1v) is 7.42. The molecule has 1 aromatic carbocycles. The number of nitrogens with one attached hydrogen (secondary N) is 2. The minimum atomic E-state index is -0.957. The molecule has 1 unspecified atom stereocenters. The van der Waals surface area contributed by atoms with Gasteiger partial charge in [-0.05, 0) is 30.5 Å². The minimum Gasteiger partial charge on any atom is -0.391 e. The number of hydrogen-bond acceptors (Lipinski definition) is 3. The van der Waals surface area contributed by atoms with Gasteiger partial charge in [0.1, 0.15) is 5.82 Å². The van der Waals surface area contributed by atoms with E-state index in [-0.39, 0.29) is 18.2 Å². The van der Waals surface area contributed by atoms with Crippen LogP contribution in [0.5, 0.6) is 0 Å². The molecule has 1 rings (SSSR count). The number of anilines is 1. The van der Waals surface area contributed by atoms with Crippen molar-refractivity contribution in [1.82, 2.24) is 5.32 Å². The Morgan fingerprint density at radius 1 is 1.23 bits per heavy atom. The Labute approximate surface area is 129 Å². The molecule has 0 aliphatic rings. The fourth-order valence-corrected chi connectivity index (χ4v) is 2.19. The Balaban J connectivity index is 2.55. The molecular weight excluding hydrogens is 287 g/mol. The molecule has 0 aliphatic carbocycles. The zero-order valence-electron chi connectivity index (χ0n) is 13.1. The van der Waals surface area contributed by atoms with Crippen LogP contribution in [0.4, 0.5) is 10.1 Å². The van der Waals surface area contributed by atoms with Gasteiger partial charge >= 0.3 is 11.8 Å². The molecule has 0 aliphatic heterocycles. The summed E-state index contributed by atoms with van der Waals surface area (Å²) < 4.78 is 13.5. The second-order valence-electron chi connectivity index (χ2n) is 5.29. The summed E-state index contributed by atoms with van der Waals surface area (Å²) >= 11 is 0. The second kappa shape index (κ2) is 8.48. The van der Waals surface area contributed by atoms with Crippen molar-refractivity contribution in [2.24, 2.45) is 5.92 Å². The van der Waals surface area contributed by atoms with Crippen LogP contribution in [0.1, 0.15) is 32.3 Å². The number of carbonyl (C=O) groups is 2. The van der Waals surface area contributed by atoms with Crippen molar-refractivity contribution in [3.8, 4) is 0 Å². The summed E-state index contributed by atoms with van der Waals surface area (Å²) in [6, 6.07) is 4.23. The van der Waals surface area contributed by atoms with Crippen molar-refractivity contribution in [2.45, 2.75) is 39.7 Å². The van der Waals surface area contributed by atoms with E-state index < -0.39 is 23.7 Å². The third kappa shape index (κ3) is 5.11.